The molecule has 1 aliphatic carbocycles. The third-order valence-corrected chi connectivity index (χ3v) is 3.49. The van der Waals surface area contributed by atoms with Gasteiger partial charge in [-0.25, -0.2) is 0 Å². The average molecular weight is 139 g/mol. The number of hydrogen-bond donors (Lipinski definition) is 1. The van der Waals surface area contributed by atoms with E-state index in [9.17, 15) is 0 Å². The molecule has 0 bridgehead atoms. The molecular formula is C9H17N. The molecule has 0 aromatic rings. The van der Waals surface area contributed by atoms with Gasteiger partial charge in [-0.15, -0.1) is 0 Å². The van der Waals surface area contributed by atoms with Crippen molar-refractivity contribution in [1.29, 1.82) is 0 Å². The Kier molecular flexibility index (Phi) is 1.17. The summed E-state index contributed by atoms with van der Waals surface area (Å²) in [5.41, 5.74) is 0.607. The molecule has 3 unspecified atom stereocenters. The molecule has 2 aliphatic rings. The molecule has 1 saturated carbocycles. The van der Waals surface area contributed by atoms with Gasteiger partial charge in [0.1, 0.15) is 0 Å². The summed E-state index contributed by atoms with van der Waals surface area (Å²) in [6, 6.07) is 0.844. The summed E-state index contributed by atoms with van der Waals surface area (Å²) >= 11 is 0. The van der Waals surface area contributed by atoms with Crippen LogP contribution >= 0.6 is 0 Å². The first-order chi connectivity index (χ1) is 4.64. The van der Waals surface area contributed by atoms with Gasteiger partial charge in [-0.1, -0.05) is 20.8 Å². The molecule has 0 aromatic carbocycles. The van der Waals surface area contributed by atoms with Crippen molar-refractivity contribution in [3.8, 4) is 0 Å². The fourth-order valence-corrected chi connectivity index (χ4v) is 2.78. The highest BCUT2D eigenvalue weighted by atomic mass is 15.0. The fraction of sp³-hybridized carbons (Fsp3) is 1.00. The molecule has 1 heterocycles. The van der Waals surface area contributed by atoms with Gasteiger partial charge in [0.2, 0.25) is 0 Å². The van der Waals surface area contributed by atoms with Gasteiger partial charge in [-0.05, 0) is 30.2 Å². The van der Waals surface area contributed by atoms with Crippen molar-refractivity contribution in [3.05, 3.63) is 0 Å². The molecule has 2 fully saturated rings. The van der Waals surface area contributed by atoms with Gasteiger partial charge >= 0.3 is 0 Å². The molecule has 3 atom stereocenters. The molecule has 0 radical (unpaired) electrons. The third kappa shape index (κ3) is 0.672. The Morgan fingerprint density at radius 2 is 2.10 bits per heavy atom. The van der Waals surface area contributed by atoms with Crippen LogP contribution in [0.5, 0.6) is 0 Å². The Morgan fingerprint density at radius 1 is 1.40 bits per heavy atom. The van der Waals surface area contributed by atoms with Crippen LogP contribution in [0.25, 0.3) is 0 Å². The molecule has 1 saturated heterocycles. The number of hydrogen-bond acceptors (Lipinski definition) is 1. The first-order valence-electron chi connectivity index (χ1n) is 4.37. The van der Waals surface area contributed by atoms with E-state index in [0.29, 0.717) is 5.41 Å². The largest absolute Gasteiger partial charge is 0.313 e. The first-order valence-corrected chi connectivity index (χ1v) is 4.37. The minimum absolute atomic E-state index is 0.607. The Morgan fingerprint density at radius 3 is 2.60 bits per heavy atom. The van der Waals surface area contributed by atoms with Crippen LogP contribution < -0.4 is 5.32 Å². The zero-order valence-electron chi connectivity index (χ0n) is 7.15. The van der Waals surface area contributed by atoms with E-state index in [0.717, 1.165) is 17.9 Å². The molecule has 1 N–H and O–H groups in total. The molecule has 1 heteroatoms. The zero-order valence-corrected chi connectivity index (χ0v) is 7.15. The van der Waals surface area contributed by atoms with Crippen molar-refractivity contribution in [1.82, 2.24) is 5.32 Å². The Labute approximate surface area is 63.2 Å². The molecule has 1 nitrogen and oxygen atoms in total. The first kappa shape index (κ1) is 6.66. The van der Waals surface area contributed by atoms with E-state index in [1.165, 1.54) is 13.0 Å². The monoisotopic (exact) mass is 139 g/mol. The second kappa shape index (κ2) is 1.76. The maximum atomic E-state index is 3.58. The van der Waals surface area contributed by atoms with Gasteiger partial charge < -0.3 is 5.32 Å². The van der Waals surface area contributed by atoms with Crippen LogP contribution in [-0.4, -0.2) is 12.6 Å². The van der Waals surface area contributed by atoms with Gasteiger partial charge in [0.25, 0.3) is 0 Å². The summed E-state index contributed by atoms with van der Waals surface area (Å²) in [6.07, 6.45) is 1.38. The standard InChI is InChI=1S/C9H17N/c1-6-4-5-10-8-7(6)9(8,2)3/h6-8,10H,4-5H2,1-3H3. The smallest absolute Gasteiger partial charge is 0.0158 e. The van der Waals surface area contributed by atoms with E-state index in [-0.39, 0.29) is 0 Å². The van der Waals surface area contributed by atoms with Crippen molar-refractivity contribution in [2.24, 2.45) is 17.3 Å². The van der Waals surface area contributed by atoms with Crippen LogP contribution in [0.1, 0.15) is 27.2 Å². The SMILES string of the molecule is CC1CCNC2C1C2(C)C. The van der Waals surface area contributed by atoms with Crippen LogP contribution in [0.3, 0.4) is 0 Å². The molecule has 2 rings (SSSR count). The van der Waals surface area contributed by atoms with Crippen LogP contribution in [0, 0.1) is 17.3 Å². The van der Waals surface area contributed by atoms with Crippen molar-refractivity contribution >= 4 is 0 Å². The molecule has 10 heavy (non-hydrogen) atoms. The van der Waals surface area contributed by atoms with E-state index in [1.807, 2.05) is 0 Å². The summed E-state index contributed by atoms with van der Waals surface area (Å²) in [5.74, 6) is 1.93. The maximum Gasteiger partial charge on any atom is 0.0158 e. The minimum Gasteiger partial charge on any atom is -0.313 e. The Bertz CT molecular complexity index is 151. The molecule has 58 valence electrons. The Balaban J connectivity index is 2.11. The maximum absolute atomic E-state index is 3.58. The van der Waals surface area contributed by atoms with E-state index in [2.05, 4.69) is 26.1 Å². The molecule has 0 spiro atoms. The molecule has 0 aromatic heterocycles. The fourth-order valence-electron chi connectivity index (χ4n) is 2.78. The van der Waals surface area contributed by atoms with E-state index in [4.69, 9.17) is 0 Å². The quantitative estimate of drug-likeness (QED) is 0.538. The summed E-state index contributed by atoms with van der Waals surface area (Å²) in [7, 11) is 0. The molecule has 1 aliphatic heterocycles. The van der Waals surface area contributed by atoms with E-state index in [1.54, 1.807) is 0 Å². The predicted octanol–water partition coefficient (Wildman–Crippen LogP) is 1.64. The van der Waals surface area contributed by atoms with Gasteiger partial charge in [-0.3, -0.25) is 0 Å². The van der Waals surface area contributed by atoms with Crippen molar-refractivity contribution in [2.75, 3.05) is 6.54 Å². The average Bonchev–Trinajstić information content (AvgIpc) is 2.38. The van der Waals surface area contributed by atoms with Crippen LogP contribution in [-0.2, 0) is 0 Å². The predicted molar refractivity (Wildman–Crippen MR) is 42.8 cm³/mol. The normalized spacial score (nSPS) is 50.1. The zero-order chi connectivity index (χ0) is 7.35. The molecule has 0 amide bonds. The summed E-state index contributed by atoms with van der Waals surface area (Å²) < 4.78 is 0. The van der Waals surface area contributed by atoms with Crippen LogP contribution in [0.15, 0.2) is 0 Å². The van der Waals surface area contributed by atoms with Gasteiger partial charge in [0.05, 0.1) is 0 Å². The highest BCUT2D eigenvalue weighted by molar-refractivity contribution is 5.14. The number of piperidine rings is 1. The lowest BCUT2D eigenvalue weighted by atomic mass is 9.95. The second-order valence-electron chi connectivity index (χ2n) is 4.54. The number of nitrogens with one attached hydrogen (secondary N) is 1. The van der Waals surface area contributed by atoms with E-state index < -0.39 is 0 Å². The van der Waals surface area contributed by atoms with Crippen molar-refractivity contribution in [3.63, 3.8) is 0 Å². The number of fused-ring (bicyclic) bond motifs is 1. The van der Waals surface area contributed by atoms with Crippen LogP contribution in [0.4, 0.5) is 0 Å². The summed E-state index contributed by atoms with van der Waals surface area (Å²) in [4.78, 5) is 0. The summed E-state index contributed by atoms with van der Waals surface area (Å²) in [6.45, 7) is 8.41. The van der Waals surface area contributed by atoms with Gasteiger partial charge in [0.15, 0.2) is 0 Å². The minimum atomic E-state index is 0.607. The number of rotatable bonds is 0. The third-order valence-electron chi connectivity index (χ3n) is 3.49. The molecular weight excluding hydrogens is 122 g/mol. The van der Waals surface area contributed by atoms with Crippen molar-refractivity contribution < 1.29 is 0 Å². The lowest BCUT2D eigenvalue weighted by Crippen LogP contribution is -2.28. The van der Waals surface area contributed by atoms with Gasteiger partial charge in [0, 0.05) is 6.04 Å². The topological polar surface area (TPSA) is 12.0 Å². The second-order valence-corrected chi connectivity index (χ2v) is 4.54. The van der Waals surface area contributed by atoms with Gasteiger partial charge in [-0.2, -0.15) is 0 Å². The lowest BCUT2D eigenvalue weighted by molar-refractivity contribution is 0.369. The lowest BCUT2D eigenvalue weighted by Gasteiger charge is -2.16. The van der Waals surface area contributed by atoms with Crippen LogP contribution in [0.2, 0.25) is 0 Å². The Hall–Kier alpha value is -0.0400. The van der Waals surface area contributed by atoms with E-state index >= 15 is 0 Å². The highest BCUT2D eigenvalue weighted by Crippen LogP contribution is 2.58. The summed E-state index contributed by atoms with van der Waals surface area (Å²) in [5, 5.41) is 3.58. The highest BCUT2D eigenvalue weighted by Gasteiger charge is 2.60. The van der Waals surface area contributed by atoms with Crippen molar-refractivity contribution in [2.45, 2.75) is 33.2 Å².